The summed E-state index contributed by atoms with van der Waals surface area (Å²) in [7, 11) is 0. The molecular weight excluding hydrogens is 450 g/mol. The highest BCUT2D eigenvalue weighted by Gasteiger charge is 2.29. The number of aldehydes is 1. The van der Waals surface area contributed by atoms with Crippen molar-refractivity contribution in [3.05, 3.63) is 35.1 Å². The molecule has 1 atom stereocenters. The van der Waals surface area contributed by atoms with Crippen LogP contribution in [-0.4, -0.2) is 51.6 Å². The summed E-state index contributed by atoms with van der Waals surface area (Å²) in [6.45, 7) is 7.54. The van der Waals surface area contributed by atoms with Crippen LogP contribution >= 0.6 is 11.6 Å². The molecule has 1 saturated carbocycles. The van der Waals surface area contributed by atoms with E-state index < -0.39 is 0 Å². The van der Waals surface area contributed by atoms with Crippen molar-refractivity contribution in [3.63, 3.8) is 0 Å². The Morgan fingerprint density at radius 3 is 2.71 bits per heavy atom. The Labute approximate surface area is 205 Å². The van der Waals surface area contributed by atoms with Gasteiger partial charge in [0.05, 0.1) is 25.7 Å². The third kappa shape index (κ3) is 4.68. The van der Waals surface area contributed by atoms with Crippen molar-refractivity contribution >= 4 is 35.0 Å². The van der Waals surface area contributed by atoms with Crippen LogP contribution in [0, 0.1) is 11.8 Å². The van der Waals surface area contributed by atoms with Crippen LogP contribution in [0.4, 0.5) is 5.95 Å². The summed E-state index contributed by atoms with van der Waals surface area (Å²) in [5.41, 5.74) is 3.25. The number of morpholine rings is 1. The van der Waals surface area contributed by atoms with Gasteiger partial charge in [0.25, 0.3) is 0 Å². The molecule has 1 aliphatic heterocycles. The highest BCUT2D eigenvalue weighted by Crippen LogP contribution is 2.36. The highest BCUT2D eigenvalue weighted by atomic mass is 35.5. The van der Waals surface area contributed by atoms with E-state index in [4.69, 9.17) is 31.3 Å². The van der Waals surface area contributed by atoms with Crippen molar-refractivity contribution in [1.82, 2.24) is 19.5 Å². The Kier molecular flexibility index (Phi) is 6.84. The summed E-state index contributed by atoms with van der Waals surface area (Å²) >= 11 is 6.36. The first-order valence-corrected chi connectivity index (χ1v) is 12.7. The largest absolute Gasteiger partial charge is 0.377 e. The number of ether oxygens (including phenoxy) is 1. The Balaban J connectivity index is 1.70. The van der Waals surface area contributed by atoms with Crippen LogP contribution in [0.15, 0.2) is 24.3 Å². The van der Waals surface area contributed by atoms with E-state index in [2.05, 4.69) is 23.3 Å². The van der Waals surface area contributed by atoms with Crippen molar-refractivity contribution in [2.24, 2.45) is 11.8 Å². The molecule has 0 amide bonds. The normalized spacial score (nSPS) is 23.4. The highest BCUT2D eigenvalue weighted by molar-refractivity contribution is 6.30. The van der Waals surface area contributed by atoms with Gasteiger partial charge in [0.1, 0.15) is 23.3 Å². The van der Waals surface area contributed by atoms with Gasteiger partial charge >= 0.3 is 0 Å². The average Bonchev–Trinajstić information content (AvgIpc) is 3.18. The van der Waals surface area contributed by atoms with E-state index in [0.29, 0.717) is 35.6 Å². The minimum atomic E-state index is 0.153. The number of hydrogen-bond donors (Lipinski definition) is 0. The van der Waals surface area contributed by atoms with Crippen LogP contribution in [0.25, 0.3) is 22.4 Å². The van der Waals surface area contributed by atoms with Crippen molar-refractivity contribution < 1.29 is 9.53 Å². The Morgan fingerprint density at radius 1 is 1.15 bits per heavy atom. The molecule has 34 heavy (non-hydrogen) atoms. The van der Waals surface area contributed by atoms with Crippen LogP contribution in [0.3, 0.4) is 0 Å². The molecule has 2 fully saturated rings. The lowest BCUT2D eigenvalue weighted by Crippen LogP contribution is -2.45. The summed E-state index contributed by atoms with van der Waals surface area (Å²) in [6, 6.07) is 7.93. The predicted octanol–water partition coefficient (Wildman–Crippen LogP) is 4.94. The minimum absolute atomic E-state index is 0.153. The molecule has 1 aliphatic carbocycles. The van der Waals surface area contributed by atoms with Gasteiger partial charge in [-0.15, -0.1) is 0 Å². The minimum Gasteiger partial charge on any atom is -0.377 e. The van der Waals surface area contributed by atoms with Crippen LogP contribution in [0.2, 0.25) is 5.02 Å². The molecule has 1 aromatic carbocycles. The third-order valence-corrected chi connectivity index (χ3v) is 7.43. The first-order valence-electron chi connectivity index (χ1n) is 12.3. The van der Waals surface area contributed by atoms with Crippen LogP contribution in [0.1, 0.15) is 45.4 Å². The number of rotatable bonds is 6. The number of nitrogens with zero attached hydrogens (tertiary/aromatic N) is 5. The SMILES string of the molecule is C[C@@H]1COCCN1c1nc2nc(CC=O)nc(-c3cccc(Cl)c3)c2n1C[C@H]1CC[C@H](C)CC1. The zero-order valence-electron chi connectivity index (χ0n) is 19.9. The first-order chi connectivity index (χ1) is 16.5. The summed E-state index contributed by atoms with van der Waals surface area (Å²) in [5, 5.41) is 0.649. The smallest absolute Gasteiger partial charge is 0.208 e. The maximum Gasteiger partial charge on any atom is 0.208 e. The molecule has 0 spiro atoms. The number of carbonyl (C=O) groups is 1. The number of halogens is 1. The molecule has 2 aliphatic rings. The maximum atomic E-state index is 11.3. The standard InChI is InChI=1S/C26H32ClN5O2/c1-17-6-8-19(9-7-17)15-32-24-23(20-4-3-5-21(27)14-20)28-22(10-12-33)29-25(24)30-26(32)31-11-13-34-16-18(31)2/h3-5,12,14,17-19H,6-11,13,15-16H2,1-2H3/t17-,18-,19-/m1/s1. The van der Waals surface area contributed by atoms with Gasteiger partial charge in [0.15, 0.2) is 5.65 Å². The van der Waals surface area contributed by atoms with E-state index in [1.54, 1.807) is 0 Å². The van der Waals surface area contributed by atoms with Crippen molar-refractivity contribution in [1.29, 1.82) is 0 Å². The van der Waals surface area contributed by atoms with Gasteiger partial charge in [-0.05, 0) is 43.7 Å². The third-order valence-electron chi connectivity index (χ3n) is 7.19. The Hall–Kier alpha value is -2.51. The van der Waals surface area contributed by atoms with E-state index in [0.717, 1.165) is 48.0 Å². The Bertz CT molecular complexity index is 1170. The fourth-order valence-corrected chi connectivity index (χ4v) is 5.45. The zero-order valence-corrected chi connectivity index (χ0v) is 20.7. The lowest BCUT2D eigenvalue weighted by atomic mass is 9.83. The Morgan fingerprint density at radius 2 is 1.97 bits per heavy atom. The van der Waals surface area contributed by atoms with Gasteiger partial charge in [0.2, 0.25) is 5.95 Å². The van der Waals surface area contributed by atoms with Gasteiger partial charge in [-0.3, -0.25) is 0 Å². The molecule has 0 N–H and O–H groups in total. The molecule has 0 unspecified atom stereocenters. The van der Waals surface area contributed by atoms with Crippen molar-refractivity contribution in [2.45, 2.75) is 58.5 Å². The molecule has 3 aromatic rings. The van der Waals surface area contributed by atoms with E-state index in [9.17, 15) is 4.79 Å². The van der Waals surface area contributed by atoms with Gasteiger partial charge in [-0.2, -0.15) is 4.98 Å². The molecular formula is C26H32ClN5O2. The molecule has 2 aromatic heterocycles. The lowest BCUT2D eigenvalue weighted by molar-refractivity contribution is -0.107. The molecule has 180 valence electrons. The summed E-state index contributed by atoms with van der Waals surface area (Å²) in [6.07, 6.45) is 5.96. The summed E-state index contributed by atoms with van der Waals surface area (Å²) in [5.74, 6) is 2.79. The lowest BCUT2D eigenvalue weighted by Gasteiger charge is -2.35. The van der Waals surface area contributed by atoms with Crippen molar-refractivity contribution in [2.75, 3.05) is 24.7 Å². The fourth-order valence-electron chi connectivity index (χ4n) is 5.26. The second-order valence-electron chi connectivity index (χ2n) is 9.81. The second kappa shape index (κ2) is 10.0. The monoisotopic (exact) mass is 481 g/mol. The van der Waals surface area contributed by atoms with E-state index >= 15 is 0 Å². The predicted molar refractivity (Wildman–Crippen MR) is 134 cm³/mol. The molecule has 5 rings (SSSR count). The zero-order chi connectivity index (χ0) is 23.7. The number of benzene rings is 1. The first kappa shape index (κ1) is 23.2. The molecule has 0 bridgehead atoms. The summed E-state index contributed by atoms with van der Waals surface area (Å²) in [4.78, 5) is 28.3. The number of fused-ring (bicyclic) bond motifs is 1. The molecule has 3 heterocycles. The topological polar surface area (TPSA) is 73.1 Å². The van der Waals surface area contributed by atoms with Crippen LogP contribution in [-0.2, 0) is 22.5 Å². The van der Waals surface area contributed by atoms with Gasteiger partial charge in [-0.1, -0.05) is 43.5 Å². The maximum absolute atomic E-state index is 11.3. The average molecular weight is 482 g/mol. The van der Waals surface area contributed by atoms with E-state index in [-0.39, 0.29) is 12.5 Å². The second-order valence-corrected chi connectivity index (χ2v) is 10.2. The number of anilines is 1. The van der Waals surface area contributed by atoms with Gasteiger partial charge in [0, 0.05) is 23.7 Å². The fraction of sp³-hybridized carbons (Fsp3) is 0.538. The molecule has 0 radical (unpaired) electrons. The van der Waals surface area contributed by atoms with Crippen LogP contribution in [0.5, 0.6) is 0 Å². The summed E-state index contributed by atoms with van der Waals surface area (Å²) < 4.78 is 8.04. The molecule has 1 saturated heterocycles. The van der Waals surface area contributed by atoms with E-state index in [1.807, 2.05) is 24.3 Å². The number of hydrogen-bond acceptors (Lipinski definition) is 6. The van der Waals surface area contributed by atoms with Crippen LogP contribution < -0.4 is 4.90 Å². The quantitative estimate of drug-likeness (QED) is 0.464. The molecule has 8 heteroatoms. The number of aromatic nitrogens is 4. The number of imidazole rings is 1. The van der Waals surface area contributed by atoms with Gasteiger partial charge in [-0.25, -0.2) is 9.97 Å². The van der Waals surface area contributed by atoms with E-state index in [1.165, 1.54) is 25.7 Å². The van der Waals surface area contributed by atoms with Gasteiger partial charge < -0.3 is 19.0 Å². The van der Waals surface area contributed by atoms with Crippen molar-refractivity contribution in [3.8, 4) is 11.3 Å². The number of carbonyl (C=O) groups excluding carboxylic acids is 1. The molecule has 7 nitrogen and oxygen atoms in total.